The Morgan fingerprint density at radius 3 is 2.29 bits per heavy atom. The summed E-state index contributed by atoms with van der Waals surface area (Å²) in [5.74, 6) is 0. The molecule has 0 aliphatic rings. The summed E-state index contributed by atoms with van der Waals surface area (Å²) in [6.45, 7) is 8.45. The lowest BCUT2D eigenvalue weighted by molar-refractivity contribution is 0.591. The molecule has 0 aliphatic carbocycles. The summed E-state index contributed by atoms with van der Waals surface area (Å²) in [6, 6.07) is 20.5. The number of hydrogen-bond acceptors (Lipinski definition) is 2. The van der Waals surface area contributed by atoms with Crippen molar-refractivity contribution < 1.29 is 0 Å². The van der Waals surface area contributed by atoms with Crippen LogP contribution in [0.25, 0.3) is 33.2 Å². The lowest BCUT2D eigenvalue weighted by Crippen LogP contribution is -2.13. The number of aryl methyl sites for hydroxylation is 1. The van der Waals surface area contributed by atoms with Crippen LogP contribution in [0.2, 0.25) is 0 Å². The van der Waals surface area contributed by atoms with E-state index >= 15 is 0 Å². The van der Waals surface area contributed by atoms with Crippen molar-refractivity contribution in [2.75, 3.05) is 0 Å². The lowest BCUT2D eigenvalue weighted by Gasteiger charge is -2.21. The maximum Gasteiger partial charge on any atom is 0.256 e. The minimum absolute atomic E-state index is 0.0385. The van der Waals surface area contributed by atoms with Gasteiger partial charge in [0, 0.05) is 34.0 Å². The van der Waals surface area contributed by atoms with Gasteiger partial charge in [0.05, 0.1) is 5.52 Å². The summed E-state index contributed by atoms with van der Waals surface area (Å²) >= 11 is 0. The highest BCUT2D eigenvalue weighted by Gasteiger charge is 2.19. The number of H-pyrrole nitrogens is 1. The number of rotatable bonds is 2. The van der Waals surface area contributed by atoms with Gasteiger partial charge < -0.3 is 4.98 Å². The van der Waals surface area contributed by atoms with Crippen LogP contribution in [-0.2, 0) is 5.41 Å². The number of pyridine rings is 2. The molecule has 28 heavy (non-hydrogen) atoms. The van der Waals surface area contributed by atoms with Gasteiger partial charge in [0.15, 0.2) is 0 Å². The second-order valence-corrected chi connectivity index (χ2v) is 8.32. The van der Waals surface area contributed by atoms with E-state index in [2.05, 4.69) is 56.1 Å². The predicted molar refractivity (Wildman–Crippen MR) is 117 cm³/mol. The van der Waals surface area contributed by atoms with Crippen molar-refractivity contribution in [3.05, 3.63) is 88.5 Å². The third-order valence-corrected chi connectivity index (χ3v) is 5.10. The molecule has 0 amide bonds. The molecule has 0 aliphatic heterocycles. The number of aromatic amines is 1. The van der Waals surface area contributed by atoms with Gasteiger partial charge in [0.1, 0.15) is 0 Å². The van der Waals surface area contributed by atoms with Crippen LogP contribution in [0.5, 0.6) is 0 Å². The molecule has 0 fully saturated rings. The van der Waals surface area contributed by atoms with E-state index in [0.717, 1.165) is 33.3 Å². The molecular formula is C25H24N2O. The monoisotopic (exact) mass is 368 g/mol. The van der Waals surface area contributed by atoms with Crippen LogP contribution in [0.3, 0.4) is 0 Å². The van der Waals surface area contributed by atoms with E-state index in [-0.39, 0.29) is 11.0 Å². The zero-order valence-electron chi connectivity index (χ0n) is 16.7. The van der Waals surface area contributed by atoms with Crippen LogP contribution in [0, 0.1) is 6.92 Å². The van der Waals surface area contributed by atoms with Crippen LogP contribution in [0.1, 0.15) is 32.0 Å². The number of nitrogens with zero attached hydrogens (tertiary/aromatic N) is 1. The number of hydrogen-bond donors (Lipinski definition) is 1. The highest BCUT2D eigenvalue weighted by molar-refractivity contribution is 5.96. The molecule has 140 valence electrons. The smallest absolute Gasteiger partial charge is 0.256 e. The summed E-state index contributed by atoms with van der Waals surface area (Å²) in [7, 11) is 0. The quantitative estimate of drug-likeness (QED) is 0.481. The van der Waals surface area contributed by atoms with Gasteiger partial charge in [0.25, 0.3) is 5.56 Å². The number of nitrogens with one attached hydrogen (secondary N) is 1. The van der Waals surface area contributed by atoms with E-state index in [4.69, 9.17) is 4.98 Å². The van der Waals surface area contributed by atoms with E-state index in [1.54, 1.807) is 0 Å². The molecule has 4 aromatic rings. The fraction of sp³-hybridized carbons (Fsp3) is 0.200. The molecule has 0 radical (unpaired) electrons. The lowest BCUT2D eigenvalue weighted by atomic mass is 9.84. The van der Waals surface area contributed by atoms with E-state index in [9.17, 15) is 4.79 Å². The van der Waals surface area contributed by atoms with Crippen LogP contribution in [0.15, 0.2) is 71.7 Å². The summed E-state index contributed by atoms with van der Waals surface area (Å²) in [5, 5.41) is 1.05. The van der Waals surface area contributed by atoms with Gasteiger partial charge >= 0.3 is 0 Å². The first-order valence-electron chi connectivity index (χ1n) is 9.53. The second kappa shape index (κ2) is 6.75. The molecule has 0 spiro atoms. The largest absolute Gasteiger partial charge is 0.326 e. The van der Waals surface area contributed by atoms with Crippen molar-refractivity contribution in [2.45, 2.75) is 33.1 Å². The highest BCUT2D eigenvalue weighted by atomic mass is 16.1. The van der Waals surface area contributed by atoms with E-state index in [1.807, 2.05) is 43.5 Å². The maximum atomic E-state index is 12.7. The third kappa shape index (κ3) is 3.36. The normalized spacial score (nSPS) is 11.7. The fourth-order valence-electron chi connectivity index (χ4n) is 3.46. The Hall–Kier alpha value is -3.20. The Balaban J connectivity index is 2.02. The number of fused-ring (bicyclic) bond motifs is 1. The Morgan fingerprint density at radius 1 is 0.857 bits per heavy atom. The van der Waals surface area contributed by atoms with Crippen molar-refractivity contribution in [3.8, 4) is 22.3 Å². The molecule has 4 rings (SSSR count). The van der Waals surface area contributed by atoms with Gasteiger partial charge in [0.2, 0.25) is 0 Å². The Kier molecular flexibility index (Phi) is 4.38. The predicted octanol–water partition coefficient (Wildman–Crippen LogP) is 5.86. The van der Waals surface area contributed by atoms with E-state index in [1.165, 1.54) is 5.56 Å². The summed E-state index contributed by atoms with van der Waals surface area (Å²) in [4.78, 5) is 20.3. The van der Waals surface area contributed by atoms with Gasteiger partial charge in [-0.05, 0) is 53.8 Å². The van der Waals surface area contributed by atoms with Gasteiger partial charge in [-0.1, -0.05) is 51.1 Å². The number of aromatic nitrogens is 2. The molecule has 3 heteroatoms. The molecule has 0 saturated carbocycles. The molecule has 1 N–H and O–H groups in total. The molecule has 0 atom stereocenters. The van der Waals surface area contributed by atoms with E-state index < -0.39 is 0 Å². The minimum atomic E-state index is -0.0821. The van der Waals surface area contributed by atoms with Crippen molar-refractivity contribution in [3.63, 3.8) is 0 Å². The molecule has 3 nitrogen and oxygen atoms in total. The fourth-order valence-corrected chi connectivity index (χ4v) is 3.46. The first-order chi connectivity index (χ1) is 13.3. The summed E-state index contributed by atoms with van der Waals surface area (Å²) < 4.78 is 0. The standard InChI is InChI=1S/C25H24N2O/c1-16-10-11-21(24(28)27-16)22-14-20(25(2,3)4)13-18-12-19(15-26-23(18)22)17-8-6-5-7-9-17/h5-15H,1-4H3,(H,27,28). The van der Waals surface area contributed by atoms with Crippen LogP contribution < -0.4 is 5.56 Å². The van der Waals surface area contributed by atoms with Gasteiger partial charge in [-0.2, -0.15) is 0 Å². The van der Waals surface area contributed by atoms with Crippen molar-refractivity contribution in [1.82, 2.24) is 9.97 Å². The van der Waals surface area contributed by atoms with Crippen molar-refractivity contribution in [1.29, 1.82) is 0 Å². The molecule has 0 saturated heterocycles. The van der Waals surface area contributed by atoms with Gasteiger partial charge in [-0.3, -0.25) is 9.78 Å². The van der Waals surface area contributed by atoms with Crippen LogP contribution >= 0.6 is 0 Å². The van der Waals surface area contributed by atoms with Crippen molar-refractivity contribution >= 4 is 10.9 Å². The zero-order valence-corrected chi connectivity index (χ0v) is 16.7. The average molecular weight is 368 g/mol. The number of benzene rings is 2. The maximum absolute atomic E-state index is 12.7. The topological polar surface area (TPSA) is 45.8 Å². The molecule has 2 aromatic carbocycles. The molecular weight excluding hydrogens is 344 g/mol. The van der Waals surface area contributed by atoms with Gasteiger partial charge in [-0.15, -0.1) is 0 Å². The van der Waals surface area contributed by atoms with Gasteiger partial charge in [-0.25, -0.2) is 0 Å². The third-order valence-electron chi connectivity index (χ3n) is 5.10. The molecule has 2 aromatic heterocycles. The Bertz CT molecular complexity index is 1210. The van der Waals surface area contributed by atoms with Crippen molar-refractivity contribution in [2.24, 2.45) is 0 Å². The Labute approximate surface area is 165 Å². The highest BCUT2D eigenvalue weighted by Crippen LogP contribution is 2.34. The van der Waals surface area contributed by atoms with Crippen LogP contribution in [0.4, 0.5) is 0 Å². The average Bonchev–Trinajstić information content (AvgIpc) is 2.67. The summed E-state index contributed by atoms with van der Waals surface area (Å²) in [5.41, 5.74) is 6.50. The Morgan fingerprint density at radius 2 is 1.61 bits per heavy atom. The molecule has 0 bridgehead atoms. The zero-order chi connectivity index (χ0) is 19.9. The van der Waals surface area contributed by atoms with E-state index in [0.29, 0.717) is 5.56 Å². The molecule has 2 heterocycles. The second-order valence-electron chi connectivity index (χ2n) is 8.32. The first kappa shape index (κ1) is 18.2. The first-order valence-corrected chi connectivity index (χ1v) is 9.53. The minimum Gasteiger partial charge on any atom is -0.326 e. The van der Waals surface area contributed by atoms with Crippen LogP contribution in [-0.4, -0.2) is 9.97 Å². The summed E-state index contributed by atoms with van der Waals surface area (Å²) in [6.07, 6.45) is 1.89. The molecule has 0 unspecified atom stereocenters. The SMILES string of the molecule is Cc1ccc(-c2cc(C(C)(C)C)cc3cc(-c4ccccc4)cnc23)c(=O)[nH]1.